The summed E-state index contributed by atoms with van der Waals surface area (Å²) in [5.74, 6) is -0.446. The highest BCUT2D eigenvalue weighted by molar-refractivity contribution is 5.73. The number of ether oxygens (including phenoxy) is 1. The number of hydrogen-bond acceptors (Lipinski definition) is 3. The van der Waals surface area contributed by atoms with Crippen LogP contribution in [0, 0.1) is 5.92 Å². The van der Waals surface area contributed by atoms with Gasteiger partial charge in [0.15, 0.2) is 0 Å². The van der Waals surface area contributed by atoms with Crippen LogP contribution in [0.3, 0.4) is 0 Å². The Morgan fingerprint density at radius 3 is 2.69 bits per heavy atom. The lowest BCUT2D eigenvalue weighted by Gasteiger charge is -2.23. The van der Waals surface area contributed by atoms with Gasteiger partial charge < -0.3 is 4.74 Å². The smallest absolute Gasteiger partial charge is 0.309 e. The molecule has 1 rings (SSSR count). The molecule has 0 saturated heterocycles. The van der Waals surface area contributed by atoms with Crippen LogP contribution in [0.15, 0.2) is 5.11 Å². The van der Waals surface area contributed by atoms with Crippen molar-refractivity contribution in [2.75, 3.05) is 6.61 Å². The minimum absolute atomic E-state index is 0.207. The number of azide groups is 1. The van der Waals surface area contributed by atoms with Crippen LogP contribution in [0.5, 0.6) is 0 Å². The normalized spacial score (nSPS) is 26.1. The summed E-state index contributed by atoms with van der Waals surface area (Å²) in [6, 6.07) is -0.218. The summed E-state index contributed by atoms with van der Waals surface area (Å²) < 4.78 is 5.03. The van der Waals surface area contributed by atoms with Gasteiger partial charge in [0.1, 0.15) is 0 Å². The average molecular weight is 225 g/mol. The van der Waals surface area contributed by atoms with E-state index in [1.807, 2.05) is 0 Å². The molecule has 0 bridgehead atoms. The molecule has 16 heavy (non-hydrogen) atoms. The predicted octanol–water partition coefficient (Wildman–Crippen LogP) is 3.20. The summed E-state index contributed by atoms with van der Waals surface area (Å²) in [7, 11) is 0. The predicted molar refractivity (Wildman–Crippen MR) is 60.8 cm³/mol. The van der Waals surface area contributed by atoms with E-state index in [2.05, 4.69) is 10.0 Å². The zero-order valence-electron chi connectivity index (χ0n) is 9.76. The van der Waals surface area contributed by atoms with Crippen molar-refractivity contribution in [3.63, 3.8) is 0 Å². The molecule has 0 spiro atoms. The molecule has 0 N–H and O–H groups in total. The monoisotopic (exact) mass is 225 g/mol. The van der Waals surface area contributed by atoms with Gasteiger partial charge in [-0.05, 0) is 25.3 Å². The van der Waals surface area contributed by atoms with Crippen molar-refractivity contribution < 1.29 is 9.53 Å². The Bertz CT molecular complexity index is 274. The third-order valence-corrected chi connectivity index (χ3v) is 3.02. The molecule has 0 unspecified atom stereocenters. The van der Waals surface area contributed by atoms with Crippen molar-refractivity contribution in [1.29, 1.82) is 0 Å². The van der Waals surface area contributed by atoms with Gasteiger partial charge in [0.25, 0.3) is 0 Å². The van der Waals surface area contributed by atoms with Crippen LogP contribution in [-0.2, 0) is 9.53 Å². The molecule has 90 valence electrons. The number of esters is 1. The molecule has 0 radical (unpaired) electrons. The van der Waals surface area contributed by atoms with E-state index in [9.17, 15) is 4.79 Å². The van der Waals surface area contributed by atoms with Crippen LogP contribution >= 0.6 is 0 Å². The van der Waals surface area contributed by atoms with Crippen LogP contribution < -0.4 is 0 Å². The molecule has 2 atom stereocenters. The Morgan fingerprint density at radius 1 is 1.38 bits per heavy atom. The molecular weight excluding hydrogens is 206 g/mol. The maximum absolute atomic E-state index is 11.7. The molecular formula is C11H19N3O2. The Balaban J connectivity index is 2.70. The van der Waals surface area contributed by atoms with E-state index >= 15 is 0 Å². The van der Waals surface area contributed by atoms with Crippen molar-refractivity contribution in [3.8, 4) is 0 Å². The fraction of sp³-hybridized carbons (Fsp3) is 0.909. The molecule has 5 heteroatoms. The first-order valence-electron chi connectivity index (χ1n) is 6.00. The number of hydrogen-bond donors (Lipinski definition) is 0. The quantitative estimate of drug-likeness (QED) is 0.320. The van der Waals surface area contributed by atoms with Crippen LogP contribution in [0.1, 0.15) is 45.4 Å². The van der Waals surface area contributed by atoms with Gasteiger partial charge in [0, 0.05) is 4.91 Å². The Kier molecular flexibility index (Phi) is 5.72. The molecule has 0 aliphatic heterocycles. The van der Waals surface area contributed by atoms with E-state index in [4.69, 9.17) is 10.3 Å². The molecule has 5 nitrogen and oxygen atoms in total. The molecule has 1 aliphatic rings. The summed E-state index contributed by atoms with van der Waals surface area (Å²) in [4.78, 5) is 14.6. The summed E-state index contributed by atoms with van der Waals surface area (Å²) >= 11 is 0. The molecule has 0 heterocycles. The van der Waals surface area contributed by atoms with E-state index in [-0.39, 0.29) is 17.9 Å². The van der Waals surface area contributed by atoms with Crippen molar-refractivity contribution in [1.82, 2.24) is 0 Å². The van der Waals surface area contributed by atoms with E-state index < -0.39 is 0 Å². The first-order valence-corrected chi connectivity index (χ1v) is 6.00. The first kappa shape index (κ1) is 12.8. The Morgan fingerprint density at radius 2 is 2.06 bits per heavy atom. The van der Waals surface area contributed by atoms with E-state index in [0.717, 1.165) is 38.5 Å². The van der Waals surface area contributed by atoms with E-state index in [1.165, 1.54) is 0 Å². The summed E-state index contributed by atoms with van der Waals surface area (Å²) in [6.45, 7) is 2.18. The van der Waals surface area contributed by atoms with Gasteiger partial charge in [-0.2, -0.15) is 0 Å². The molecule has 1 fully saturated rings. The summed E-state index contributed by atoms with van der Waals surface area (Å²) in [5, 5.41) is 3.75. The van der Waals surface area contributed by atoms with Gasteiger partial charge in [-0.1, -0.05) is 30.8 Å². The van der Waals surface area contributed by atoms with Gasteiger partial charge in [-0.25, -0.2) is 0 Å². The first-order chi connectivity index (χ1) is 7.79. The van der Waals surface area contributed by atoms with Crippen LogP contribution in [0.4, 0.5) is 0 Å². The van der Waals surface area contributed by atoms with E-state index in [0.29, 0.717) is 6.61 Å². The second kappa shape index (κ2) is 7.12. The minimum Gasteiger partial charge on any atom is -0.466 e. The van der Waals surface area contributed by atoms with Crippen LogP contribution in [0.25, 0.3) is 10.4 Å². The topological polar surface area (TPSA) is 75.1 Å². The number of rotatable bonds is 3. The zero-order valence-corrected chi connectivity index (χ0v) is 9.76. The number of carbonyl (C=O) groups is 1. The minimum atomic E-state index is -0.240. The Labute approximate surface area is 95.8 Å². The van der Waals surface area contributed by atoms with Crippen molar-refractivity contribution in [2.24, 2.45) is 11.0 Å². The zero-order chi connectivity index (χ0) is 11.8. The van der Waals surface area contributed by atoms with Gasteiger partial charge >= 0.3 is 5.97 Å². The van der Waals surface area contributed by atoms with Gasteiger partial charge in [0.05, 0.1) is 18.6 Å². The second-order valence-corrected chi connectivity index (χ2v) is 4.12. The molecule has 0 aromatic rings. The lowest BCUT2D eigenvalue weighted by Crippen LogP contribution is -2.29. The number of nitrogens with zero attached hydrogens (tertiary/aromatic N) is 3. The van der Waals surface area contributed by atoms with Gasteiger partial charge in [-0.3, -0.25) is 4.79 Å². The highest BCUT2D eigenvalue weighted by atomic mass is 16.5. The van der Waals surface area contributed by atoms with Crippen molar-refractivity contribution in [2.45, 2.75) is 51.5 Å². The fourth-order valence-corrected chi connectivity index (χ4v) is 2.19. The molecule has 0 aromatic carbocycles. The third-order valence-electron chi connectivity index (χ3n) is 3.02. The maximum Gasteiger partial charge on any atom is 0.309 e. The lowest BCUT2D eigenvalue weighted by atomic mass is 9.87. The summed E-state index contributed by atoms with van der Waals surface area (Å²) in [6.07, 6.45) is 5.93. The highest BCUT2D eigenvalue weighted by Gasteiger charge is 2.29. The van der Waals surface area contributed by atoms with Crippen LogP contribution in [0.2, 0.25) is 0 Å². The lowest BCUT2D eigenvalue weighted by molar-refractivity contribution is -0.149. The van der Waals surface area contributed by atoms with Gasteiger partial charge in [-0.15, -0.1) is 0 Å². The second-order valence-electron chi connectivity index (χ2n) is 4.12. The van der Waals surface area contributed by atoms with Gasteiger partial charge in [0.2, 0.25) is 0 Å². The molecule has 1 aliphatic carbocycles. The standard InChI is InChI=1S/C11H19N3O2/c1-2-16-11(15)9-7-5-3-4-6-8-10(9)13-14-12/h9-10H,2-8H2,1H3/t9-,10-/m1/s1. The number of carbonyl (C=O) groups excluding carboxylic acids is 1. The molecule has 0 aromatic heterocycles. The maximum atomic E-state index is 11.7. The Hall–Kier alpha value is -1.22. The van der Waals surface area contributed by atoms with E-state index in [1.54, 1.807) is 6.92 Å². The summed E-state index contributed by atoms with van der Waals surface area (Å²) in [5.41, 5.74) is 8.52. The molecule has 0 amide bonds. The largest absolute Gasteiger partial charge is 0.466 e. The van der Waals surface area contributed by atoms with Crippen molar-refractivity contribution >= 4 is 5.97 Å². The SMILES string of the molecule is CCOC(=O)[C@@H]1CCCCCC[C@H]1N=[N+]=[N-]. The average Bonchev–Trinajstić information content (AvgIpc) is 2.22. The third kappa shape index (κ3) is 3.74. The highest BCUT2D eigenvalue weighted by Crippen LogP contribution is 2.26. The fourth-order valence-electron chi connectivity index (χ4n) is 2.19. The molecule has 1 saturated carbocycles. The van der Waals surface area contributed by atoms with Crippen LogP contribution in [-0.4, -0.2) is 18.6 Å². The van der Waals surface area contributed by atoms with Crippen molar-refractivity contribution in [3.05, 3.63) is 10.4 Å².